The highest BCUT2D eigenvalue weighted by Gasteiger charge is 2.15. The Bertz CT molecular complexity index is 798. The van der Waals surface area contributed by atoms with Crippen molar-refractivity contribution in [2.75, 3.05) is 0 Å². The average Bonchev–Trinajstić information content (AvgIpc) is 2.62. The molecule has 1 atom stereocenters. The second-order valence-electron chi connectivity index (χ2n) is 5.86. The molecule has 1 aliphatic carbocycles. The zero-order valence-corrected chi connectivity index (χ0v) is 12.4. The minimum atomic E-state index is 0.497. The fourth-order valence-electron chi connectivity index (χ4n) is 3.20. The normalized spacial score (nSPS) is 16.3. The molecule has 0 spiro atoms. The molecule has 0 heterocycles. The first-order valence-electron chi connectivity index (χ1n) is 7.82. The molecule has 4 rings (SSSR count). The molecule has 0 fully saturated rings. The molecule has 22 heavy (non-hydrogen) atoms. The molecule has 0 N–H and O–H groups in total. The largest absolute Gasteiger partial charge is 0.0761 e. The van der Waals surface area contributed by atoms with Crippen molar-refractivity contribution in [2.24, 2.45) is 0 Å². The summed E-state index contributed by atoms with van der Waals surface area (Å²) in [6.45, 7) is 0. The van der Waals surface area contributed by atoms with Crippen LogP contribution in [0, 0.1) is 0 Å². The summed E-state index contributed by atoms with van der Waals surface area (Å²) in [6, 6.07) is 28.2. The van der Waals surface area contributed by atoms with E-state index in [9.17, 15) is 0 Å². The summed E-state index contributed by atoms with van der Waals surface area (Å²) in [5, 5.41) is 0. The van der Waals surface area contributed by atoms with Crippen LogP contribution in [0.25, 0.3) is 17.2 Å². The lowest BCUT2D eigenvalue weighted by Crippen LogP contribution is -2.05. The third-order valence-electron chi connectivity index (χ3n) is 4.43. The molecule has 3 aromatic carbocycles. The van der Waals surface area contributed by atoms with Crippen molar-refractivity contribution in [2.45, 2.75) is 12.3 Å². The van der Waals surface area contributed by atoms with Crippen molar-refractivity contribution in [3.05, 3.63) is 102 Å². The van der Waals surface area contributed by atoms with Crippen LogP contribution >= 0.6 is 0 Å². The summed E-state index contributed by atoms with van der Waals surface area (Å²) >= 11 is 0. The standard InChI is InChI=1S/C22H18/c1-3-7-17(8-4-1)19-11-13-22-16-20(12-14-21(22)15-19)18-9-5-2-6-10-18/h1-15,20H,16H2. The third-order valence-corrected chi connectivity index (χ3v) is 4.43. The van der Waals surface area contributed by atoms with Crippen LogP contribution in [0.2, 0.25) is 0 Å². The first kappa shape index (κ1) is 13.1. The summed E-state index contributed by atoms with van der Waals surface area (Å²) in [7, 11) is 0. The molecule has 1 unspecified atom stereocenters. The van der Waals surface area contributed by atoms with Crippen LogP contribution in [0.4, 0.5) is 0 Å². The van der Waals surface area contributed by atoms with Gasteiger partial charge in [-0.2, -0.15) is 0 Å². The number of hydrogen-bond acceptors (Lipinski definition) is 0. The monoisotopic (exact) mass is 282 g/mol. The predicted octanol–water partition coefficient (Wildman–Crippen LogP) is 5.71. The molecule has 0 heteroatoms. The molecule has 0 nitrogen and oxygen atoms in total. The minimum absolute atomic E-state index is 0.497. The van der Waals surface area contributed by atoms with E-state index in [0.717, 1.165) is 6.42 Å². The maximum atomic E-state index is 2.34. The van der Waals surface area contributed by atoms with Crippen LogP contribution in [0.1, 0.15) is 22.6 Å². The lowest BCUT2D eigenvalue weighted by molar-refractivity contribution is 0.827. The molecule has 1 aliphatic rings. The highest BCUT2D eigenvalue weighted by Crippen LogP contribution is 2.32. The predicted molar refractivity (Wildman–Crippen MR) is 93.8 cm³/mol. The van der Waals surface area contributed by atoms with E-state index in [4.69, 9.17) is 0 Å². The summed E-state index contributed by atoms with van der Waals surface area (Å²) in [6.07, 6.45) is 5.71. The van der Waals surface area contributed by atoms with Gasteiger partial charge in [-0.05, 0) is 40.3 Å². The van der Waals surface area contributed by atoms with Crippen molar-refractivity contribution < 1.29 is 0 Å². The van der Waals surface area contributed by atoms with Crippen LogP contribution in [0.15, 0.2) is 84.9 Å². The van der Waals surface area contributed by atoms with Gasteiger partial charge in [-0.25, -0.2) is 0 Å². The SMILES string of the molecule is C1=CC(c2ccccc2)Cc2ccc(-c3ccccc3)cc21. The van der Waals surface area contributed by atoms with Gasteiger partial charge in [0, 0.05) is 5.92 Å². The maximum Gasteiger partial charge on any atom is 0.00619 e. The van der Waals surface area contributed by atoms with E-state index in [1.54, 1.807) is 0 Å². The maximum absolute atomic E-state index is 2.34. The summed E-state index contributed by atoms with van der Waals surface area (Å²) in [5.41, 5.74) is 6.77. The second-order valence-corrected chi connectivity index (χ2v) is 5.86. The number of benzene rings is 3. The average molecular weight is 282 g/mol. The van der Waals surface area contributed by atoms with Crippen LogP contribution in [-0.4, -0.2) is 0 Å². The Morgan fingerprint density at radius 1 is 0.682 bits per heavy atom. The van der Waals surface area contributed by atoms with Gasteiger partial charge in [0.15, 0.2) is 0 Å². The molecule has 0 saturated heterocycles. The van der Waals surface area contributed by atoms with Crippen molar-refractivity contribution in [1.29, 1.82) is 0 Å². The van der Waals surface area contributed by atoms with Gasteiger partial charge < -0.3 is 0 Å². The Hall–Kier alpha value is -2.60. The van der Waals surface area contributed by atoms with Gasteiger partial charge in [0.25, 0.3) is 0 Å². The van der Waals surface area contributed by atoms with Crippen LogP contribution in [0.3, 0.4) is 0 Å². The number of rotatable bonds is 2. The van der Waals surface area contributed by atoms with E-state index >= 15 is 0 Å². The fourth-order valence-corrected chi connectivity index (χ4v) is 3.20. The lowest BCUT2D eigenvalue weighted by atomic mass is 9.84. The van der Waals surface area contributed by atoms with E-state index in [2.05, 4.69) is 91.0 Å². The van der Waals surface area contributed by atoms with Gasteiger partial charge in [-0.1, -0.05) is 84.9 Å². The van der Waals surface area contributed by atoms with Gasteiger partial charge in [0.1, 0.15) is 0 Å². The van der Waals surface area contributed by atoms with Gasteiger partial charge in [-0.3, -0.25) is 0 Å². The molecule has 0 bridgehead atoms. The molecule has 0 aliphatic heterocycles. The zero-order valence-electron chi connectivity index (χ0n) is 12.4. The summed E-state index contributed by atoms with van der Waals surface area (Å²) < 4.78 is 0. The highest BCUT2D eigenvalue weighted by molar-refractivity contribution is 5.70. The number of fused-ring (bicyclic) bond motifs is 1. The Morgan fingerprint density at radius 2 is 1.41 bits per heavy atom. The fraction of sp³-hybridized carbons (Fsp3) is 0.0909. The van der Waals surface area contributed by atoms with Crippen molar-refractivity contribution in [3.63, 3.8) is 0 Å². The molecule has 0 saturated carbocycles. The van der Waals surface area contributed by atoms with Crippen LogP contribution < -0.4 is 0 Å². The first-order valence-corrected chi connectivity index (χ1v) is 7.82. The van der Waals surface area contributed by atoms with Crippen molar-refractivity contribution in [3.8, 4) is 11.1 Å². The molecule has 0 aromatic heterocycles. The van der Waals surface area contributed by atoms with Crippen molar-refractivity contribution >= 4 is 6.08 Å². The summed E-state index contributed by atoms with van der Waals surface area (Å²) in [5.74, 6) is 0.497. The molecule has 106 valence electrons. The van der Waals surface area contributed by atoms with E-state index in [-0.39, 0.29) is 0 Å². The van der Waals surface area contributed by atoms with Gasteiger partial charge in [-0.15, -0.1) is 0 Å². The Morgan fingerprint density at radius 3 is 2.18 bits per heavy atom. The van der Waals surface area contributed by atoms with Gasteiger partial charge in [0.05, 0.1) is 0 Å². The van der Waals surface area contributed by atoms with E-state index in [1.165, 1.54) is 27.8 Å². The van der Waals surface area contributed by atoms with Crippen LogP contribution in [0.5, 0.6) is 0 Å². The smallest absolute Gasteiger partial charge is 0.00619 e. The molecule has 3 aromatic rings. The third kappa shape index (κ3) is 2.48. The first-order chi connectivity index (χ1) is 10.9. The van der Waals surface area contributed by atoms with Crippen molar-refractivity contribution in [1.82, 2.24) is 0 Å². The summed E-state index contributed by atoms with van der Waals surface area (Å²) in [4.78, 5) is 0. The Kier molecular flexibility index (Phi) is 3.36. The topological polar surface area (TPSA) is 0 Å². The quantitative estimate of drug-likeness (QED) is 0.565. The lowest BCUT2D eigenvalue weighted by Gasteiger charge is -2.20. The van der Waals surface area contributed by atoms with E-state index < -0.39 is 0 Å². The van der Waals surface area contributed by atoms with E-state index in [0.29, 0.717) is 5.92 Å². The molecule has 0 radical (unpaired) electrons. The molecular weight excluding hydrogens is 264 g/mol. The number of hydrogen-bond donors (Lipinski definition) is 0. The highest BCUT2D eigenvalue weighted by atomic mass is 14.2. The molecular formula is C22H18. The Balaban J connectivity index is 1.66. The zero-order chi connectivity index (χ0) is 14.8. The van der Waals surface area contributed by atoms with Gasteiger partial charge in [0.2, 0.25) is 0 Å². The molecule has 0 amide bonds. The van der Waals surface area contributed by atoms with E-state index in [1.807, 2.05) is 0 Å². The van der Waals surface area contributed by atoms with Gasteiger partial charge >= 0.3 is 0 Å². The minimum Gasteiger partial charge on any atom is -0.0761 e. The van der Waals surface area contributed by atoms with Crippen LogP contribution in [-0.2, 0) is 6.42 Å². The number of allylic oxidation sites excluding steroid dienone is 1. The second kappa shape index (κ2) is 5.65. The Labute approximate surface area is 131 Å².